The van der Waals surface area contributed by atoms with Crippen molar-refractivity contribution in [3.63, 3.8) is 0 Å². The number of anilines is 3. The van der Waals surface area contributed by atoms with Crippen LogP contribution in [0.4, 0.5) is 17.8 Å². The van der Waals surface area contributed by atoms with Gasteiger partial charge < -0.3 is 34.1 Å². The van der Waals surface area contributed by atoms with Gasteiger partial charge in [0.25, 0.3) is 5.91 Å². The fraction of sp³-hybridized carbons (Fsp3) is 0.636. The molecule has 0 aromatic carbocycles. The molecule has 2 aromatic rings. The summed E-state index contributed by atoms with van der Waals surface area (Å²) in [5.41, 5.74) is 0. The quantitative estimate of drug-likeness (QED) is 0.473. The molecule has 1 N–H and O–H groups in total. The Balaban J connectivity index is 0.000000159. The number of nitrogens with zero attached hydrogens (tertiary/aromatic N) is 9. The van der Waals surface area contributed by atoms with Gasteiger partial charge in [0, 0.05) is 32.7 Å². The van der Waals surface area contributed by atoms with E-state index in [0.29, 0.717) is 77.7 Å². The van der Waals surface area contributed by atoms with Crippen LogP contribution in [0.1, 0.15) is 0 Å². The highest BCUT2D eigenvalue weighted by Crippen LogP contribution is 2.19. The van der Waals surface area contributed by atoms with E-state index in [4.69, 9.17) is 53.8 Å². The summed E-state index contributed by atoms with van der Waals surface area (Å²) in [5.74, 6) is 1.08. The molecule has 16 nitrogen and oxygen atoms in total. The predicted molar refractivity (Wildman–Crippen MR) is 148 cm³/mol. The molecule has 0 atom stereocenters. The van der Waals surface area contributed by atoms with Crippen LogP contribution < -0.4 is 20.0 Å². The second-order valence-electron chi connectivity index (χ2n) is 8.58. The molecule has 0 spiro atoms. The van der Waals surface area contributed by atoms with Crippen molar-refractivity contribution in [2.24, 2.45) is 0 Å². The van der Waals surface area contributed by atoms with Crippen LogP contribution in [0.15, 0.2) is 0 Å². The third-order valence-corrected chi connectivity index (χ3v) is 6.28. The molecule has 19 heteroatoms. The molecule has 224 valence electrons. The smallest absolute Gasteiger partial charge is 0.255 e. The monoisotopic (exact) mass is 634 g/mol. The molecule has 2 aromatic heterocycles. The van der Waals surface area contributed by atoms with Crippen molar-refractivity contribution >= 4 is 64.5 Å². The van der Waals surface area contributed by atoms with Crippen LogP contribution in [-0.4, -0.2) is 134 Å². The predicted octanol–water partition coefficient (Wildman–Crippen LogP) is -0.127. The zero-order chi connectivity index (χ0) is 29.0. The fourth-order valence-corrected chi connectivity index (χ4v) is 4.29. The van der Waals surface area contributed by atoms with E-state index in [-0.39, 0.29) is 46.8 Å². The number of aromatic nitrogens is 6. The van der Waals surface area contributed by atoms with Gasteiger partial charge in [-0.2, -0.15) is 29.9 Å². The summed E-state index contributed by atoms with van der Waals surface area (Å²) in [4.78, 5) is 51.6. The van der Waals surface area contributed by atoms with Crippen molar-refractivity contribution in [1.82, 2.24) is 35.2 Å². The van der Waals surface area contributed by atoms with Gasteiger partial charge in [-0.15, -0.1) is 0 Å². The van der Waals surface area contributed by atoms with Gasteiger partial charge in [-0.25, -0.2) is 0 Å². The zero-order valence-electron chi connectivity index (χ0n) is 22.0. The Morgan fingerprint density at radius 3 is 1.54 bits per heavy atom. The Kier molecular flexibility index (Phi) is 12.2. The van der Waals surface area contributed by atoms with Gasteiger partial charge in [-0.05, 0) is 34.8 Å². The number of hydrogen-bond donors (Lipinski definition) is 1. The van der Waals surface area contributed by atoms with Crippen LogP contribution in [0.5, 0.6) is 0 Å². The third kappa shape index (κ3) is 9.95. The number of carbonyl (C=O) groups excluding carboxylic acids is 2. The number of nitrogens with one attached hydrogen (secondary N) is 1. The summed E-state index contributed by atoms with van der Waals surface area (Å²) in [7, 11) is 0. The fourth-order valence-electron chi connectivity index (χ4n) is 3.78. The average molecular weight is 636 g/mol. The second kappa shape index (κ2) is 16.1. The first-order chi connectivity index (χ1) is 19.9. The number of halogens is 3. The third-order valence-electron chi connectivity index (χ3n) is 5.77. The maximum atomic E-state index is 11.8. The number of ether oxygens (including phenoxy) is 4. The van der Waals surface area contributed by atoms with Crippen LogP contribution in [0.3, 0.4) is 0 Å². The molecule has 6 heterocycles. The van der Waals surface area contributed by atoms with Crippen molar-refractivity contribution in [3.05, 3.63) is 15.9 Å². The summed E-state index contributed by atoms with van der Waals surface area (Å²) in [6.07, 6.45) is 0. The summed E-state index contributed by atoms with van der Waals surface area (Å²) < 4.78 is 20.3. The lowest BCUT2D eigenvalue weighted by Crippen LogP contribution is -2.43. The molecule has 0 aliphatic carbocycles. The van der Waals surface area contributed by atoms with Crippen molar-refractivity contribution in [2.45, 2.75) is 0 Å². The van der Waals surface area contributed by atoms with Gasteiger partial charge in [0.05, 0.1) is 46.2 Å². The first-order valence-corrected chi connectivity index (χ1v) is 13.9. The molecule has 41 heavy (non-hydrogen) atoms. The summed E-state index contributed by atoms with van der Waals surface area (Å²) >= 11 is 17.3. The Hall–Kier alpha value is -2.73. The van der Waals surface area contributed by atoms with E-state index in [1.807, 2.05) is 9.80 Å². The molecule has 4 fully saturated rings. The lowest BCUT2D eigenvalue weighted by atomic mass is 10.4. The van der Waals surface area contributed by atoms with Crippen molar-refractivity contribution in [1.29, 1.82) is 0 Å². The van der Waals surface area contributed by atoms with Gasteiger partial charge >= 0.3 is 0 Å². The van der Waals surface area contributed by atoms with E-state index in [0.717, 1.165) is 13.1 Å². The maximum Gasteiger partial charge on any atom is 0.255 e. The maximum absolute atomic E-state index is 11.8. The molecule has 6 rings (SSSR count). The highest BCUT2D eigenvalue weighted by atomic mass is 35.5. The molecule has 4 aliphatic heterocycles. The van der Waals surface area contributed by atoms with E-state index < -0.39 is 0 Å². The average Bonchev–Trinajstić information content (AvgIpc) is 2.99. The highest BCUT2D eigenvalue weighted by Gasteiger charge is 2.25. The minimum absolute atomic E-state index is 0.00810. The molecule has 0 bridgehead atoms. The Bertz CT molecular complexity index is 1140. The summed E-state index contributed by atoms with van der Waals surface area (Å²) in [6.45, 7) is 7.93. The number of morpholine rings is 4. The van der Waals surface area contributed by atoms with Gasteiger partial charge in [0.2, 0.25) is 39.6 Å². The highest BCUT2D eigenvalue weighted by molar-refractivity contribution is 6.31. The molecular formula is C22H29Cl3N10O6. The van der Waals surface area contributed by atoms with Crippen LogP contribution in [0, 0.1) is 0 Å². The minimum atomic E-state index is -0.175. The van der Waals surface area contributed by atoms with Crippen LogP contribution in [0.2, 0.25) is 15.9 Å². The van der Waals surface area contributed by atoms with E-state index >= 15 is 0 Å². The molecule has 0 radical (unpaired) electrons. The lowest BCUT2D eigenvalue weighted by molar-refractivity contribution is -0.129. The number of hydrogen-bond acceptors (Lipinski definition) is 14. The first kappa shape index (κ1) is 31.2. The van der Waals surface area contributed by atoms with Crippen LogP contribution >= 0.6 is 34.8 Å². The van der Waals surface area contributed by atoms with E-state index in [2.05, 4.69) is 35.2 Å². The van der Waals surface area contributed by atoms with E-state index in [1.165, 1.54) is 4.90 Å². The van der Waals surface area contributed by atoms with E-state index in [9.17, 15) is 9.59 Å². The second-order valence-corrected chi connectivity index (χ2v) is 9.59. The summed E-state index contributed by atoms with van der Waals surface area (Å²) in [5, 5.41) is 2.93. The number of carbonyl (C=O) groups is 2. The molecule has 0 unspecified atom stereocenters. The van der Waals surface area contributed by atoms with Crippen LogP contribution in [0.25, 0.3) is 0 Å². The topological polar surface area (TPSA) is 170 Å². The van der Waals surface area contributed by atoms with Gasteiger partial charge in [-0.1, -0.05) is 0 Å². The Labute approximate surface area is 250 Å². The van der Waals surface area contributed by atoms with Gasteiger partial charge in [-0.3, -0.25) is 14.5 Å². The molecule has 4 saturated heterocycles. The lowest BCUT2D eigenvalue weighted by Gasteiger charge is -2.28. The Morgan fingerprint density at radius 1 is 0.561 bits per heavy atom. The molecular weight excluding hydrogens is 607 g/mol. The standard InChI is InChI=1S/C11H14ClN5O3.C7H8Cl2N4O.C4H7NO2/c12-9-13-10(16-1-4-19-5-2-16)15-11(14-9)17-3-6-20-7-8(17)18;8-5-10-6(9)12-7(11-5)13-1-3-14-4-2-13;6-4-3-7-2-1-5-4/h1-7H2;1-4H2;1-3H2,(H,5,6). The minimum Gasteiger partial charge on any atom is -0.378 e. The van der Waals surface area contributed by atoms with Crippen LogP contribution in [-0.2, 0) is 28.5 Å². The zero-order valence-corrected chi connectivity index (χ0v) is 24.3. The Morgan fingerprint density at radius 2 is 1.05 bits per heavy atom. The van der Waals surface area contributed by atoms with Gasteiger partial charge in [0.15, 0.2) is 0 Å². The first-order valence-electron chi connectivity index (χ1n) is 12.8. The van der Waals surface area contributed by atoms with Crippen molar-refractivity contribution in [2.75, 3.05) is 107 Å². The number of amides is 2. The van der Waals surface area contributed by atoms with E-state index in [1.54, 1.807) is 0 Å². The molecule has 0 saturated carbocycles. The number of rotatable bonds is 3. The summed E-state index contributed by atoms with van der Waals surface area (Å²) in [6, 6.07) is 0. The normalized spacial score (nSPS) is 19.4. The molecule has 4 aliphatic rings. The largest absolute Gasteiger partial charge is 0.378 e. The molecule has 2 amide bonds. The van der Waals surface area contributed by atoms with Gasteiger partial charge in [0.1, 0.15) is 13.2 Å². The van der Waals surface area contributed by atoms with Crippen molar-refractivity contribution in [3.8, 4) is 0 Å². The van der Waals surface area contributed by atoms with Crippen molar-refractivity contribution < 1.29 is 28.5 Å². The SMILES string of the molecule is Clc1nc(Cl)nc(N2CCOCC2)n1.O=C1COCCN1.O=C1COCCN1c1nc(Cl)nc(N2CCOCC2)n1.